The summed E-state index contributed by atoms with van der Waals surface area (Å²) < 4.78 is 18.2. The first-order valence-corrected chi connectivity index (χ1v) is 37.6. The van der Waals surface area contributed by atoms with Crippen LogP contribution >= 0.6 is 0 Å². The maximum Gasteiger partial charge on any atom is 0.329 e. The summed E-state index contributed by atoms with van der Waals surface area (Å²) in [5, 5.41) is 22.0. The topological polar surface area (TPSA) is 383 Å². The Balaban J connectivity index is 0.000000978. The lowest BCUT2D eigenvalue weighted by Gasteiger charge is -2.36. The Morgan fingerprint density at radius 1 is 0.613 bits per heavy atom. The van der Waals surface area contributed by atoms with Gasteiger partial charge in [0.25, 0.3) is 11.8 Å². The number of cyclic esters (lactones) is 2. The van der Waals surface area contributed by atoms with E-state index in [0.29, 0.717) is 18.4 Å². The standard InChI is InChI=1S/C62H86N12O16.C14H31NO/c1-27(2)42-59(84)73-23-17-19-36(73)57(82)69(13)25-38(75)71(15)48(29(5)6)61(86)88-33(11)44(55(80)65-42)67-53(78)35-22-21-31(9)51-46(35)64-47-40(41(63)50(77)32(10)52(47)90-51)54(79)68-45-34(12)89-62(87)49(30(7)8)72(16)39(76)26-70(14)58(83)37-20-18-24-74(37)60(85)43(28(3)4)66-56(45)81;1-4-5-6-7-8-9-10-11-12-13-14-15(2,3)16/h21-22,27-30,33-34,36-37,42-45,48-49H,17-20,23-26,63H2,1-16H3,(H,65,80)(H,66,81)(H,67,78)(H,68,79);4-14H2,1-3H3/t33-,34-,36+,37+,42-,43-,44+,45+,48+,49+;/m1./s1. The molecule has 1 aliphatic carbocycles. The number of nitrogens with two attached hydrogens (primary N) is 1. The molecule has 0 spiro atoms. The number of benzene rings is 2. The number of quaternary nitrogens is 1. The van der Waals surface area contributed by atoms with Crippen molar-refractivity contribution in [3.63, 3.8) is 0 Å². The number of aryl methyl sites for hydroxylation is 1. The van der Waals surface area contributed by atoms with Crippen LogP contribution in [0.3, 0.4) is 0 Å². The fraction of sp³-hybridized carbons (Fsp3) is 0.684. The SMILES string of the molecule is CCCCCCCCCCCC[N+](C)(C)[O-].Cc1c2oc3c(C)ccc(C(=O)N[C@@H]4C(=O)N[C@H](C(C)C)C(=O)N5CCC[C@H]5C(=O)N(C)CC(=O)N(C)[C@@H](C(C)C)C(=O)O[C@@H]4C)c3nc-2c(C(=O)N[C@@H]2C(=O)N[C@H](C(C)C)C(=O)N3CCC[C@H]3C(=O)N(C)CC(=O)N(C)[C@@H](C(C)C)C(=O)O[C@@H]2C)c(N)c1=O. The monoisotopic (exact) mass is 1480 g/mol. The summed E-state index contributed by atoms with van der Waals surface area (Å²) in [5.41, 5.74) is 3.57. The van der Waals surface area contributed by atoms with Gasteiger partial charge in [-0.3, -0.25) is 52.7 Å². The second-order valence-electron chi connectivity index (χ2n) is 31.0. The van der Waals surface area contributed by atoms with E-state index in [9.17, 15) is 57.9 Å². The molecule has 6 N–H and O–H groups in total. The Hall–Kier alpha value is -8.80. The van der Waals surface area contributed by atoms with Gasteiger partial charge in [-0.25, -0.2) is 14.6 Å². The molecule has 4 saturated heterocycles. The Morgan fingerprint density at radius 2 is 1.03 bits per heavy atom. The van der Waals surface area contributed by atoms with Crippen LogP contribution in [0.1, 0.15) is 198 Å². The number of hydrogen-bond acceptors (Lipinski definition) is 19. The first kappa shape index (κ1) is 86.1. The minimum atomic E-state index is -1.88. The number of amides is 10. The largest absolute Gasteiger partial charge is 0.633 e. The highest BCUT2D eigenvalue weighted by Gasteiger charge is 2.47. The van der Waals surface area contributed by atoms with Crippen LogP contribution in [-0.2, 0) is 57.4 Å². The lowest BCUT2D eigenvalue weighted by molar-refractivity contribution is -0.840. The zero-order chi connectivity index (χ0) is 79.3. The molecule has 0 bridgehead atoms. The first-order valence-electron chi connectivity index (χ1n) is 37.6. The second-order valence-corrected chi connectivity index (χ2v) is 31.0. The maximum absolute atomic E-state index is 15.2. The molecule has 10 amide bonds. The van der Waals surface area contributed by atoms with Crippen molar-refractivity contribution in [2.75, 3.05) is 80.7 Å². The van der Waals surface area contributed by atoms with Crippen LogP contribution < -0.4 is 32.4 Å². The number of nitrogen functional groups attached to an aromatic ring is 1. The summed E-state index contributed by atoms with van der Waals surface area (Å²) in [6, 6.07) is -7.90. The molecule has 5 aliphatic heterocycles. The molecule has 588 valence electrons. The number of carbonyl (C=O) groups is 12. The van der Waals surface area contributed by atoms with E-state index in [1.807, 2.05) is 0 Å². The number of rotatable bonds is 19. The molecule has 5 heterocycles. The Kier molecular flexibility index (Phi) is 30.6. The number of carbonyl (C=O) groups excluding carboxylic acids is 12. The molecular formula is C76H117N13O17. The fourth-order valence-electron chi connectivity index (χ4n) is 14.3. The first-order chi connectivity index (χ1) is 49.7. The highest BCUT2D eigenvalue weighted by atomic mass is 16.6. The van der Waals surface area contributed by atoms with Crippen molar-refractivity contribution >= 4 is 87.8 Å². The van der Waals surface area contributed by atoms with Crippen LogP contribution in [0.4, 0.5) is 5.69 Å². The number of unbranched alkanes of at least 4 members (excludes halogenated alkanes) is 9. The molecule has 0 aromatic heterocycles. The van der Waals surface area contributed by atoms with Gasteiger partial charge >= 0.3 is 11.9 Å². The van der Waals surface area contributed by atoms with Crippen molar-refractivity contribution < 1.29 is 76.1 Å². The van der Waals surface area contributed by atoms with E-state index in [4.69, 9.17) is 24.6 Å². The molecule has 30 nitrogen and oxygen atoms in total. The highest BCUT2D eigenvalue weighted by Crippen LogP contribution is 2.36. The van der Waals surface area contributed by atoms with E-state index >= 15 is 9.59 Å². The summed E-state index contributed by atoms with van der Waals surface area (Å²) in [7, 11) is 9.04. The number of anilines is 1. The zero-order valence-electron chi connectivity index (χ0n) is 65.8. The van der Waals surface area contributed by atoms with Crippen molar-refractivity contribution in [2.45, 2.75) is 240 Å². The van der Waals surface area contributed by atoms with Crippen LogP contribution in [0.15, 0.2) is 21.3 Å². The molecule has 6 aliphatic rings. The molecule has 7 rings (SSSR count). The van der Waals surface area contributed by atoms with Gasteiger partial charge in [0.05, 0.1) is 50.5 Å². The van der Waals surface area contributed by atoms with Crippen molar-refractivity contribution in [1.29, 1.82) is 0 Å². The molecule has 4 fully saturated rings. The summed E-state index contributed by atoms with van der Waals surface area (Å²) in [4.78, 5) is 199. The van der Waals surface area contributed by atoms with Gasteiger partial charge in [0.2, 0.25) is 52.7 Å². The molecule has 106 heavy (non-hydrogen) atoms. The third kappa shape index (κ3) is 20.9. The van der Waals surface area contributed by atoms with Crippen molar-refractivity contribution in [3.05, 3.63) is 49.8 Å². The van der Waals surface area contributed by atoms with Crippen LogP contribution in [0.25, 0.3) is 22.6 Å². The van der Waals surface area contributed by atoms with E-state index in [0.717, 1.165) is 22.8 Å². The van der Waals surface area contributed by atoms with Gasteiger partial charge in [-0.05, 0) is 102 Å². The van der Waals surface area contributed by atoms with E-state index in [1.165, 1.54) is 138 Å². The minimum absolute atomic E-state index is 0.0763. The lowest BCUT2D eigenvalue weighted by atomic mass is 9.98. The fourth-order valence-corrected chi connectivity index (χ4v) is 14.3. The van der Waals surface area contributed by atoms with Crippen molar-refractivity contribution in [2.24, 2.45) is 23.7 Å². The van der Waals surface area contributed by atoms with Gasteiger partial charge in [0, 0.05) is 46.8 Å². The van der Waals surface area contributed by atoms with Gasteiger partial charge in [-0.1, -0.05) is 120 Å². The van der Waals surface area contributed by atoms with Crippen LogP contribution in [-0.4, -0.2) is 246 Å². The molecule has 0 radical (unpaired) electrons. The lowest BCUT2D eigenvalue weighted by Crippen LogP contribution is -2.61. The van der Waals surface area contributed by atoms with Gasteiger partial charge < -0.3 is 80.1 Å². The average Bonchev–Trinajstić information content (AvgIpc) is 0.895. The molecule has 10 atom stereocenters. The van der Waals surface area contributed by atoms with E-state index in [-0.39, 0.29) is 58.6 Å². The smallest absolute Gasteiger partial charge is 0.329 e. The number of hydrogen-bond donors (Lipinski definition) is 5. The molecular weight excluding hydrogens is 1370 g/mol. The van der Waals surface area contributed by atoms with Gasteiger partial charge in [0.15, 0.2) is 11.3 Å². The number of aromatic nitrogens is 1. The summed E-state index contributed by atoms with van der Waals surface area (Å²) in [6.45, 7) is 21.4. The van der Waals surface area contributed by atoms with Crippen LogP contribution in [0, 0.1) is 42.7 Å². The summed E-state index contributed by atoms with van der Waals surface area (Å²) >= 11 is 0. The number of fused-ring (bicyclic) bond motifs is 4. The number of ether oxygens (including phenoxy) is 2. The average molecular weight is 1480 g/mol. The zero-order valence-corrected chi connectivity index (χ0v) is 65.8. The van der Waals surface area contributed by atoms with Crippen molar-refractivity contribution in [3.8, 4) is 11.5 Å². The maximum atomic E-state index is 15.2. The van der Waals surface area contributed by atoms with Gasteiger partial charge in [-0.2, -0.15) is 0 Å². The van der Waals surface area contributed by atoms with Gasteiger partial charge in [-0.15, -0.1) is 0 Å². The summed E-state index contributed by atoms with van der Waals surface area (Å²) in [5.74, 6) is -12.4. The minimum Gasteiger partial charge on any atom is -0.633 e. The number of esters is 2. The second kappa shape index (κ2) is 37.6. The van der Waals surface area contributed by atoms with E-state index < -0.39 is 191 Å². The van der Waals surface area contributed by atoms with E-state index in [1.54, 1.807) is 76.4 Å². The van der Waals surface area contributed by atoms with Crippen LogP contribution in [0.2, 0.25) is 0 Å². The third-order valence-corrected chi connectivity index (χ3v) is 20.6. The Morgan fingerprint density at radius 3 is 1.43 bits per heavy atom. The van der Waals surface area contributed by atoms with Crippen LogP contribution in [0.5, 0.6) is 0 Å². The van der Waals surface area contributed by atoms with Gasteiger partial charge in [0.1, 0.15) is 71.8 Å². The van der Waals surface area contributed by atoms with E-state index in [2.05, 4.69) is 28.2 Å². The normalized spacial score (nSPS) is 24.1. The number of likely N-dealkylation sites (N-methyl/N-ethyl adjacent to an activating group) is 4. The molecule has 0 saturated carbocycles. The molecule has 1 aromatic carbocycles. The highest BCUT2D eigenvalue weighted by molar-refractivity contribution is 6.10. The quantitative estimate of drug-likeness (QED) is 0.0257. The molecule has 1 aromatic rings. The molecule has 30 heteroatoms. The predicted octanol–water partition coefficient (Wildman–Crippen LogP) is 5.21. The Bertz CT molecular complexity index is 3740. The number of hydroxylamine groups is 3. The molecule has 0 unspecified atom stereocenters. The Labute approximate surface area is 623 Å². The summed E-state index contributed by atoms with van der Waals surface area (Å²) in [6.07, 6.45) is 11.7. The van der Waals surface area contributed by atoms with Crippen molar-refractivity contribution in [1.82, 2.24) is 55.7 Å². The number of nitrogens with one attached hydrogen (secondary N) is 4. The number of nitrogens with zero attached hydrogens (tertiary/aromatic N) is 8. The predicted molar refractivity (Wildman–Crippen MR) is 398 cm³/mol. The third-order valence-electron chi connectivity index (χ3n) is 20.6.